The molecule has 1 saturated heterocycles. The van der Waals surface area contributed by atoms with Crippen molar-refractivity contribution in [2.24, 2.45) is 0 Å². The number of ether oxygens (including phenoxy) is 3. The number of amides is 2. The van der Waals surface area contributed by atoms with E-state index in [9.17, 15) is 19.5 Å². The summed E-state index contributed by atoms with van der Waals surface area (Å²) in [5.74, 6) is -1.60. The first-order valence-electron chi connectivity index (χ1n) is 9.38. The third kappa shape index (κ3) is 4.54. The maximum atomic E-state index is 13.2. The zero-order valence-corrected chi connectivity index (χ0v) is 18.3. The number of methoxy groups -OCH3 is 2. The molecular formula is C22H20N2O7S. The van der Waals surface area contributed by atoms with E-state index >= 15 is 0 Å². The van der Waals surface area contributed by atoms with Gasteiger partial charge >= 0.3 is 5.97 Å². The lowest BCUT2D eigenvalue weighted by Gasteiger charge is -2.29. The highest BCUT2D eigenvalue weighted by Crippen LogP contribution is 2.34. The summed E-state index contributed by atoms with van der Waals surface area (Å²) in [5.41, 5.74) is 0.516. The Hall–Kier alpha value is -3.92. The molecule has 0 saturated carbocycles. The van der Waals surface area contributed by atoms with Gasteiger partial charge in [0.2, 0.25) is 0 Å². The summed E-state index contributed by atoms with van der Waals surface area (Å²) in [5, 5.41) is 11.6. The van der Waals surface area contributed by atoms with Crippen molar-refractivity contribution >= 4 is 46.9 Å². The van der Waals surface area contributed by atoms with Gasteiger partial charge in [-0.15, -0.1) is 0 Å². The quantitative estimate of drug-likeness (QED) is 0.371. The molecule has 1 atom stereocenters. The normalized spacial score (nSPS) is 15.9. The molecule has 166 valence electrons. The van der Waals surface area contributed by atoms with Crippen LogP contribution in [0.3, 0.4) is 0 Å². The van der Waals surface area contributed by atoms with Crippen LogP contribution in [-0.4, -0.2) is 48.3 Å². The fraction of sp³-hybridized carbons (Fsp3) is 0.182. The summed E-state index contributed by atoms with van der Waals surface area (Å²) in [7, 11) is 2.92. The zero-order chi connectivity index (χ0) is 23.4. The predicted octanol–water partition coefficient (Wildman–Crippen LogP) is 2.39. The van der Waals surface area contributed by atoms with E-state index in [1.54, 1.807) is 42.5 Å². The molecule has 2 N–H and O–H groups in total. The van der Waals surface area contributed by atoms with Gasteiger partial charge < -0.3 is 19.3 Å². The minimum absolute atomic E-state index is 0.0658. The van der Waals surface area contributed by atoms with Gasteiger partial charge in [-0.05, 0) is 55.5 Å². The van der Waals surface area contributed by atoms with Gasteiger partial charge in [0.25, 0.3) is 11.8 Å². The number of aliphatic carboxylic acids is 1. The maximum Gasteiger partial charge on any atom is 0.344 e. The molecule has 10 heteroatoms. The summed E-state index contributed by atoms with van der Waals surface area (Å²) in [6, 6.07) is 11.4. The molecule has 2 aromatic rings. The molecule has 1 heterocycles. The second-order valence-corrected chi connectivity index (χ2v) is 7.02. The second kappa shape index (κ2) is 9.48. The van der Waals surface area contributed by atoms with Gasteiger partial charge in [-0.2, -0.15) is 0 Å². The van der Waals surface area contributed by atoms with E-state index in [4.69, 9.17) is 26.4 Å². The van der Waals surface area contributed by atoms with Gasteiger partial charge in [-0.3, -0.25) is 19.8 Å². The Morgan fingerprint density at radius 3 is 2.41 bits per heavy atom. The minimum Gasteiger partial charge on any atom is -0.497 e. The number of nitrogens with zero attached hydrogens (tertiary/aromatic N) is 1. The second-order valence-electron chi connectivity index (χ2n) is 6.63. The SMILES string of the molecule is COc1ccc(N2C(=O)/C(=C/c3cccc(OC)c3O[C@@H](C)C(=O)O)C(=O)NC2=S)cc1. The number of carboxylic acids is 1. The zero-order valence-electron chi connectivity index (χ0n) is 17.4. The molecule has 32 heavy (non-hydrogen) atoms. The van der Waals surface area contributed by atoms with Crippen LogP contribution in [0.2, 0.25) is 0 Å². The van der Waals surface area contributed by atoms with Gasteiger partial charge in [0.05, 0.1) is 19.9 Å². The highest BCUT2D eigenvalue weighted by atomic mass is 32.1. The Morgan fingerprint density at radius 2 is 1.81 bits per heavy atom. The summed E-state index contributed by atoms with van der Waals surface area (Å²) in [6.07, 6.45) is 0.116. The van der Waals surface area contributed by atoms with E-state index in [1.165, 1.54) is 32.1 Å². The van der Waals surface area contributed by atoms with Crippen LogP contribution in [0.5, 0.6) is 17.2 Å². The smallest absolute Gasteiger partial charge is 0.344 e. The van der Waals surface area contributed by atoms with Crippen LogP contribution < -0.4 is 24.4 Å². The summed E-state index contributed by atoms with van der Waals surface area (Å²) in [4.78, 5) is 38.3. The van der Waals surface area contributed by atoms with Crippen LogP contribution in [0.15, 0.2) is 48.0 Å². The predicted molar refractivity (Wildman–Crippen MR) is 120 cm³/mol. The van der Waals surface area contributed by atoms with Crippen molar-refractivity contribution in [1.29, 1.82) is 0 Å². The van der Waals surface area contributed by atoms with Crippen LogP contribution in [0.1, 0.15) is 12.5 Å². The lowest BCUT2D eigenvalue weighted by molar-refractivity contribution is -0.144. The van der Waals surface area contributed by atoms with Crippen molar-refractivity contribution in [3.8, 4) is 17.2 Å². The molecule has 0 aliphatic carbocycles. The van der Waals surface area contributed by atoms with Crippen molar-refractivity contribution in [3.05, 3.63) is 53.6 Å². The van der Waals surface area contributed by atoms with Crippen LogP contribution in [0.4, 0.5) is 5.69 Å². The average Bonchev–Trinajstić information content (AvgIpc) is 2.77. The Morgan fingerprint density at radius 1 is 1.12 bits per heavy atom. The number of thiocarbonyl (C=S) groups is 1. The molecule has 2 amide bonds. The summed E-state index contributed by atoms with van der Waals surface area (Å²) < 4.78 is 15.9. The molecule has 3 rings (SSSR count). The Labute approximate surface area is 189 Å². The van der Waals surface area contributed by atoms with Crippen molar-refractivity contribution in [2.45, 2.75) is 13.0 Å². The van der Waals surface area contributed by atoms with E-state index in [0.29, 0.717) is 17.0 Å². The number of para-hydroxylation sites is 1. The largest absolute Gasteiger partial charge is 0.497 e. The Balaban J connectivity index is 2.05. The average molecular weight is 456 g/mol. The number of benzene rings is 2. The number of rotatable bonds is 7. The molecule has 0 spiro atoms. The van der Waals surface area contributed by atoms with Crippen LogP contribution in [0.25, 0.3) is 6.08 Å². The number of hydrogen-bond acceptors (Lipinski definition) is 7. The standard InChI is InChI=1S/C22H20N2O7S/c1-12(21(27)28)31-18-13(5-4-6-17(18)30-3)11-16-19(25)23-22(32)24(20(16)26)14-7-9-15(29-2)10-8-14/h4-12H,1-3H3,(H,27,28)(H,23,25,32)/b16-11+/t12-/m0/s1. The number of nitrogens with one attached hydrogen (secondary N) is 1. The molecule has 9 nitrogen and oxygen atoms in total. The molecule has 0 bridgehead atoms. The number of carboxylic acid groups (broad SMARTS) is 1. The van der Waals surface area contributed by atoms with E-state index in [0.717, 1.165) is 0 Å². The summed E-state index contributed by atoms with van der Waals surface area (Å²) in [6.45, 7) is 1.36. The minimum atomic E-state index is -1.19. The third-order valence-corrected chi connectivity index (χ3v) is 4.89. The van der Waals surface area contributed by atoms with Gasteiger partial charge in [-0.25, -0.2) is 4.79 Å². The van der Waals surface area contributed by atoms with Gasteiger partial charge in [0, 0.05) is 5.56 Å². The Kier molecular flexibility index (Phi) is 6.74. The maximum absolute atomic E-state index is 13.2. The first kappa shape index (κ1) is 22.8. The highest BCUT2D eigenvalue weighted by molar-refractivity contribution is 7.80. The van der Waals surface area contributed by atoms with Crippen LogP contribution >= 0.6 is 12.2 Å². The first-order chi connectivity index (χ1) is 15.3. The number of hydrogen-bond donors (Lipinski definition) is 2. The van der Waals surface area contributed by atoms with E-state index in [-0.39, 0.29) is 22.2 Å². The molecule has 1 fully saturated rings. The molecule has 1 aliphatic heterocycles. The fourth-order valence-electron chi connectivity index (χ4n) is 2.94. The third-order valence-electron chi connectivity index (χ3n) is 4.60. The molecule has 1 aliphatic rings. The lowest BCUT2D eigenvalue weighted by Crippen LogP contribution is -2.54. The van der Waals surface area contributed by atoms with E-state index < -0.39 is 23.9 Å². The van der Waals surface area contributed by atoms with Gasteiger partial charge in [0.1, 0.15) is 11.3 Å². The van der Waals surface area contributed by atoms with Crippen molar-refractivity contribution in [3.63, 3.8) is 0 Å². The van der Waals surface area contributed by atoms with Gasteiger partial charge in [-0.1, -0.05) is 12.1 Å². The monoisotopic (exact) mass is 456 g/mol. The summed E-state index contributed by atoms with van der Waals surface area (Å²) >= 11 is 5.20. The fourth-order valence-corrected chi connectivity index (χ4v) is 3.22. The molecule has 0 aromatic heterocycles. The molecule has 0 radical (unpaired) electrons. The molecular weight excluding hydrogens is 436 g/mol. The van der Waals surface area contributed by atoms with Crippen molar-refractivity contribution in [1.82, 2.24) is 5.32 Å². The first-order valence-corrected chi connectivity index (χ1v) is 9.79. The molecule has 0 unspecified atom stereocenters. The highest BCUT2D eigenvalue weighted by Gasteiger charge is 2.35. The van der Waals surface area contributed by atoms with Crippen LogP contribution in [-0.2, 0) is 14.4 Å². The van der Waals surface area contributed by atoms with Gasteiger partial charge in [0.15, 0.2) is 22.7 Å². The lowest BCUT2D eigenvalue weighted by atomic mass is 10.1. The van der Waals surface area contributed by atoms with E-state index in [2.05, 4.69) is 5.32 Å². The van der Waals surface area contributed by atoms with Crippen molar-refractivity contribution < 1.29 is 33.7 Å². The van der Waals surface area contributed by atoms with E-state index in [1.807, 2.05) is 0 Å². The topological polar surface area (TPSA) is 114 Å². The van der Waals surface area contributed by atoms with Crippen molar-refractivity contribution in [2.75, 3.05) is 19.1 Å². The number of anilines is 1. The Bertz CT molecular complexity index is 1110. The van der Waals surface area contributed by atoms with Crippen LogP contribution in [0, 0.1) is 0 Å². The number of carbonyl (C=O) groups excluding carboxylic acids is 2. The number of carbonyl (C=O) groups is 3. The molecule has 2 aromatic carbocycles.